The van der Waals surface area contributed by atoms with Crippen molar-refractivity contribution < 1.29 is 19.1 Å². The van der Waals surface area contributed by atoms with Crippen LogP contribution in [0.4, 0.5) is 0 Å². The van der Waals surface area contributed by atoms with Gasteiger partial charge in [0.2, 0.25) is 0 Å². The van der Waals surface area contributed by atoms with Crippen molar-refractivity contribution in [3.8, 4) is 0 Å². The van der Waals surface area contributed by atoms with Gasteiger partial charge in [0.15, 0.2) is 6.10 Å². The number of ether oxygens (including phenoxy) is 2. The van der Waals surface area contributed by atoms with Crippen LogP contribution < -0.4 is 0 Å². The van der Waals surface area contributed by atoms with Crippen molar-refractivity contribution in [2.45, 2.75) is 22.9 Å². The Morgan fingerprint density at radius 2 is 1.88 bits per heavy atom. The van der Waals surface area contributed by atoms with Gasteiger partial charge in [0, 0.05) is 24.2 Å². The minimum atomic E-state index is -0.851. The topological polar surface area (TPSA) is 68.7 Å². The molecule has 0 saturated carbocycles. The van der Waals surface area contributed by atoms with Gasteiger partial charge in [0.05, 0.1) is 18.8 Å². The Hall–Kier alpha value is -2.38. The molecule has 1 aromatic carbocycles. The zero-order valence-electron chi connectivity index (χ0n) is 14.5. The molecule has 1 fully saturated rings. The van der Waals surface area contributed by atoms with Crippen molar-refractivity contribution in [1.82, 2.24) is 9.88 Å². The first-order valence-electron chi connectivity index (χ1n) is 8.40. The van der Waals surface area contributed by atoms with Crippen molar-refractivity contribution in [3.05, 3.63) is 54.2 Å². The maximum absolute atomic E-state index is 12.6. The molecule has 1 atom stereocenters. The molecule has 136 valence electrons. The molecule has 1 saturated heterocycles. The Labute approximate surface area is 156 Å². The van der Waals surface area contributed by atoms with E-state index < -0.39 is 12.1 Å². The second-order valence-corrected chi connectivity index (χ2v) is 6.82. The highest BCUT2D eigenvalue weighted by Crippen LogP contribution is 2.28. The van der Waals surface area contributed by atoms with E-state index in [1.165, 1.54) is 11.8 Å². The van der Waals surface area contributed by atoms with E-state index in [1.54, 1.807) is 30.2 Å². The van der Waals surface area contributed by atoms with E-state index in [-0.39, 0.29) is 5.91 Å². The molecular weight excluding hydrogens is 352 g/mol. The van der Waals surface area contributed by atoms with Crippen LogP contribution in [0.2, 0.25) is 0 Å². The highest BCUT2D eigenvalue weighted by atomic mass is 32.2. The molecule has 1 aliphatic heterocycles. The molecular formula is C19H20N2O4S. The van der Waals surface area contributed by atoms with Crippen molar-refractivity contribution in [2.24, 2.45) is 0 Å². The predicted octanol–water partition coefficient (Wildman–Crippen LogP) is 2.64. The first-order valence-corrected chi connectivity index (χ1v) is 9.22. The standard InChI is InChI=1S/C19H20N2O4S/c1-14(18(22)21-10-12-24-13-11-21)25-19(23)16-8-5-9-20-17(16)26-15-6-3-2-4-7-15/h2-9,14H,10-13H2,1H3/t14-/m0/s1. The molecule has 1 amide bonds. The molecule has 3 rings (SSSR count). The smallest absolute Gasteiger partial charge is 0.341 e. The van der Waals surface area contributed by atoms with Crippen LogP contribution in [0.1, 0.15) is 17.3 Å². The van der Waals surface area contributed by atoms with Crippen molar-refractivity contribution in [1.29, 1.82) is 0 Å². The van der Waals surface area contributed by atoms with Crippen LogP contribution >= 0.6 is 11.8 Å². The molecule has 1 aromatic heterocycles. The molecule has 26 heavy (non-hydrogen) atoms. The van der Waals surface area contributed by atoms with Gasteiger partial charge in [-0.2, -0.15) is 0 Å². The SMILES string of the molecule is C[C@H](OC(=O)c1cccnc1Sc1ccccc1)C(=O)N1CCOCC1. The Morgan fingerprint density at radius 3 is 2.62 bits per heavy atom. The van der Waals surface area contributed by atoms with Gasteiger partial charge in [-0.1, -0.05) is 30.0 Å². The van der Waals surface area contributed by atoms with Crippen LogP contribution in [0.25, 0.3) is 0 Å². The van der Waals surface area contributed by atoms with Crippen LogP contribution in [0.5, 0.6) is 0 Å². The molecule has 7 heteroatoms. The average Bonchev–Trinajstić information content (AvgIpc) is 2.69. The van der Waals surface area contributed by atoms with E-state index in [0.717, 1.165) is 4.90 Å². The zero-order valence-corrected chi connectivity index (χ0v) is 15.3. The fourth-order valence-electron chi connectivity index (χ4n) is 2.54. The van der Waals surface area contributed by atoms with Gasteiger partial charge in [-0.15, -0.1) is 0 Å². The summed E-state index contributed by atoms with van der Waals surface area (Å²) in [6.07, 6.45) is 0.778. The number of nitrogens with zero attached hydrogens (tertiary/aromatic N) is 2. The van der Waals surface area contributed by atoms with E-state index in [2.05, 4.69) is 4.98 Å². The third-order valence-electron chi connectivity index (χ3n) is 3.90. The van der Waals surface area contributed by atoms with Gasteiger partial charge in [-0.05, 0) is 31.2 Å². The van der Waals surface area contributed by atoms with Crippen molar-refractivity contribution in [2.75, 3.05) is 26.3 Å². The third-order valence-corrected chi connectivity index (χ3v) is 4.93. The summed E-state index contributed by atoms with van der Waals surface area (Å²) in [6, 6.07) is 13.0. The summed E-state index contributed by atoms with van der Waals surface area (Å²) >= 11 is 1.38. The molecule has 1 aliphatic rings. The fourth-order valence-corrected chi connectivity index (χ4v) is 3.43. The minimum Gasteiger partial charge on any atom is -0.449 e. The summed E-state index contributed by atoms with van der Waals surface area (Å²) < 4.78 is 10.6. The van der Waals surface area contributed by atoms with Crippen LogP contribution in [0, 0.1) is 0 Å². The lowest BCUT2D eigenvalue weighted by Crippen LogP contribution is -2.46. The first kappa shape index (κ1) is 18.4. The first-order chi connectivity index (χ1) is 12.6. The number of rotatable bonds is 5. The minimum absolute atomic E-state index is 0.206. The second-order valence-electron chi connectivity index (χ2n) is 5.76. The quantitative estimate of drug-likeness (QED) is 0.752. The largest absolute Gasteiger partial charge is 0.449 e. The number of carbonyl (C=O) groups is 2. The maximum Gasteiger partial charge on any atom is 0.341 e. The monoisotopic (exact) mass is 372 g/mol. The normalized spacial score (nSPS) is 15.3. The second kappa shape index (κ2) is 8.82. The van der Waals surface area contributed by atoms with E-state index in [9.17, 15) is 9.59 Å². The summed E-state index contributed by atoms with van der Waals surface area (Å²) in [7, 11) is 0. The number of benzene rings is 1. The lowest BCUT2D eigenvalue weighted by molar-refractivity contribution is -0.143. The summed E-state index contributed by atoms with van der Waals surface area (Å²) in [5.41, 5.74) is 0.350. The number of esters is 1. The van der Waals surface area contributed by atoms with Crippen LogP contribution in [-0.4, -0.2) is 54.2 Å². The lowest BCUT2D eigenvalue weighted by Gasteiger charge is -2.29. The Balaban J connectivity index is 1.68. The number of amides is 1. The molecule has 0 radical (unpaired) electrons. The van der Waals surface area contributed by atoms with Crippen LogP contribution in [-0.2, 0) is 14.3 Å². The van der Waals surface area contributed by atoms with Crippen LogP contribution in [0.15, 0.2) is 58.6 Å². The Morgan fingerprint density at radius 1 is 1.15 bits per heavy atom. The molecule has 0 bridgehead atoms. The molecule has 0 N–H and O–H groups in total. The highest BCUT2D eigenvalue weighted by molar-refractivity contribution is 7.99. The summed E-state index contributed by atoms with van der Waals surface area (Å²) in [5, 5.41) is 0.551. The van der Waals surface area contributed by atoms with E-state index in [0.29, 0.717) is 36.9 Å². The summed E-state index contributed by atoms with van der Waals surface area (Å²) in [5.74, 6) is -0.756. The molecule has 2 aromatic rings. The Kier molecular flexibility index (Phi) is 6.25. The van der Waals surface area contributed by atoms with Crippen molar-refractivity contribution in [3.63, 3.8) is 0 Å². The lowest BCUT2D eigenvalue weighted by atomic mass is 10.2. The van der Waals surface area contributed by atoms with E-state index in [1.807, 2.05) is 30.3 Å². The number of pyridine rings is 1. The number of carbonyl (C=O) groups excluding carboxylic acids is 2. The molecule has 2 heterocycles. The maximum atomic E-state index is 12.6. The van der Waals surface area contributed by atoms with Crippen molar-refractivity contribution >= 4 is 23.6 Å². The molecule has 0 unspecified atom stereocenters. The fraction of sp³-hybridized carbons (Fsp3) is 0.316. The molecule has 0 aliphatic carbocycles. The molecule has 0 spiro atoms. The van der Waals surface area contributed by atoms with Gasteiger partial charge >= 0.3 is 5.97 Å². The average molecular weight is 372 g/mol. The number of hydrogen-bond donors (Lipinski definition) is 0. The summed E-state index contributed by atoms with van der Waals surface area (Å²) in [4.78, 5) is 31.9. The van der Waals surface area contributed by atoms with E-state index in [4.69, 9.17) is 9.47 Å². The van der Waals surface area contributed by atoms with Gasteiger partial charge in [-0.3, -0.25) is 4.79 Å². The Bertz CT molecular complexity index is 763. The zero-order chi connectivity index (χ0) is 18.4. The number of hydrogen-bond acceptors (Lipinski definition) is 6. The van der Waals surface area contributed by atoms with E-state index >= 15 is 0 Å². The van der Waals surface area contributed by atoms with Gasteiger partial charge in [0.25, 0.3) is 5.91 Å². The van der Waals surface area contributed by atoms with Gasteiger partial charge < -0.3 is 14.4 Å². The summed E-state index contributed by atoms with van der Waals surface area (Å²) in [6.45, 7) is 3.64. The van der Waals surface area contributed by atoms with Gasteiger partial charge in [-0.25, -0.2) is 9.78 Å². The number of aromatic nitrogens is 1. The number of morpholine rings is 1. The highest BCUT2D eigenvalue weighted by Gasteiger charge is 2.26. The predicted molar refractivity (Wildman–Crippen MR) is 97.1 cm³/mol. The molecule has 6 nitrogen and oxygen atoms in total. The van der Waals surface area contributed by atoms with Gasteiger partial charge in [0.1, 0.15) is 5.03 Å². The van der Waals surface area contributed by atoms with Crippen LogP contribution in [0.3, 0.4) is 0 Å². The third kappa shape index (κ3) is 4.62.